The molecule has 4 amide bonds. The Hall–Kier alpha value is -4.47. The van der Waals surface area contributed by atoms with E-state index >= 15 is 0 Å². The lowest BCUT2D eigenvalue weighted by atomic mass is 9.90. The van der Waals surface area contributed by atoms with Crippen LogP contribution in [0.15, 0.2) is 72.8 Å². The first-order chi connectivity index (χ1) is 21.2. The molecule has 44 heavy (non-hydrogen) atoms. The van der Waals surface area contributed by atoms with Crippen molar-refractivity contribution in [2.75, 3.05) is 13.7 Å². The average Bonchev–Trinajstić information content (AvgIpc) is 3.01. The fraction of sp³-hybridized carbons (Fsp3) is 0.441. The molecule has 0 aromatic heterocycles. The summed E-state index contributed by atoms with van der Waals surface area (Å²) in [5.74, 6) is -2.24. The predicted molar refractivity (Wildman–Crippen MR) is 167 cm³/mol. The van der Waals surface area contributed by atoms with Crippen LogP contribution < -0.4 is 21.3 Å². The molecule has 0 spiro atoms. The van der Waals surface area contributed by atoms with Crippen molar-refractivity contribution < 1.29 is 28.7 Å². The van der Waals surface area contributed by atoms with Gasteiger partial charge in [-0.1, -0.05) is 87.0 Å². The Labute approximate surface area is 259 Å². The zero-order valence-corrected chi connectivity index (χ0v) is 25.7. The van der Waals surface area contributed by atoms with Crippen molar-refractivity contribution in [1.82, 2.24) is 21.3 Å². The largest absolute Gasteiger partial charge is 0.467 e. The highest BCUT2D eigenvalue weighted by Crippen LogP contribution is 2.18. The fourth-order valence-electron chi connectivity index (χ4n) is 5.10. The van der Waals surface area contributed by atoms with Crippen molar-refractivity contribution in [2.45, 2.75) is 70.5 Å². The van der Waals surface area contributed by atoms with Gasteiger partial charge in [-0.25, -0.2) is 9.59 Å². The van der Waals surface area contributed by atoms with Crippen LogP contribution in [0.1, 0.15) is 50.7 Å². The van der Waals surface area contributed by atoms with Crippen molar-refractivity contribution >= 4 is 29.6 Å². The number of hydrogen-bond donors (Lipinski definition) is 4. The lowest BCUT2D eigenvalue weighted by Crippen LogP contribution is -2.53. The van der Waals surface area contributed by atoms with Gasteiger partial charge in [0.1, 0.15) is 6.04 Å². The van der Waals surface area contributed by atoms with Crippen molar-refractivity contribution in [1.29, 1.82) is 0 Å². The SMILES string of the molecule is COC(=O)[C@@H](NC(=O)N[C@@H](Cc1ccccc1)C(=O)C[C@H]1CCCCNC(=O)/C=C/[C@H](Cc2ccccc2)NC1=O)C(C)C. The van der Waals surface area contributed by atoms with Gasteiger partial charge in [-0.2, -0.15) is 0 Å². The Morgan fingerprint density at radius 1 is 0.932 bits per heavy atom. The number of Topliss-reactive ketones (excluding diaryl/α,β-unsaturated/α-hetero) is 1. The van der Waals surface area contributed by atoms with Crippen molar-refractivity contribution in [3.63, 3.8) is 0 Å². The molecule has 1 aliphatic rings. The number of carbonyl (C=O) groups is 5. The van der Waals surface area contributed by atoms with Gasteiger partial charge >= 0.3 is 12.0 Å². The molecule has 4 N–H and O–H groups in total. The van der Waals surface area contributed by atoms with Crippen LogP contribution in [0.25, 0.3) is 0 Å². The van der Waals surface area contributed by atoms with E-state index in [1.54, 1.807) is 19.9 Å². The van der Waals surface area contributed by atoms with Gasteiger partial charge in [0.2, 0.25) is 11.8 Å². The molecular formula is C34H44N4O6. The third-order valence-electron chi connectivity index (χ3n) is 7.59. The summed E-state index contributed by atoms with van der Waals surface area (Å²) in [7, 11) is 1.25. The highest BCUT2D eigenvalue weighted by atomic mass is 16.5. The van der Waals surface area contributed by atoms with E-state index in [2.05, 4.69) is 21.3 Å². The fourth-order valence-corrected chi connectivity index (χ4v) is 5.10. The Morgan fingerprint density at radius 3 is 2.23 bits per heavy atom. The molecule has 4 atom stereocenters. The number of hydrogen-bond acceptors (Lipinski definition) is 6. The van der Waals surface area contributed by atoms with E-state index in [4.69, 9.17) is 4.74 Å². The Kier molecular flexibility index (Phi) is 13.6. The second-order valence-electron chi connectivity index (χ2n) is 11.4. The molecule has 0 radical (unpaired) electrons. The third kappa shape index (κ3) is 11.3. The zero-order chi connectivity index (χ0) is 31.9. The van der Waals surface area contributed by atoms with Gasteiger partial charge in [-0.15, -0.1) is 0 Å². The summed E-state index contributed by atoms with van der Waals surface area (Å²) in [6, 6.07) is 16.0. The lowest BCUT2D eigenvalue weighted by Gasteiger charge is -2.25. The first-order valence-corrected chi connectivity index (χ1v) is 15.2. The van der Waals surface area contributed by atoms with Gasteiger partial charge in [0.05, 0.1) is 19.2 Å². The number of carbonyl (C=O) groups excluding carboxylic acids is 5. The molecule has 10 heteroatoms. The van der Waals surface area contributed by atoms with Gasteiger partial charge < -0.3 is 26.0 Å². The molecule has 2 aromatic rings. The van der Waals surface area contributed by atoms with E-state index in [1.807, 2.05) is 60.7 Å². The molecule has 0 fully saturated rings. The summed E-state index contributed by atoms with van der Waals surface area (Å²) in [5.41, 5.74) is 1.83. The molecule has 236 valence electrons. The minimum absolute atomic E-state index is 0.0810. The summed E-state index contributed by atoms with van der Waals surface area (Å²) >= 11 is 0. The van der Waals surface area contributed by atoms with Crippen molar-refractivity contribution in [3.8, 4) is 0 Å². The molecule has 0 saturated heterocycles. The predicted octanol–water partition coefficient (Wildman–Crippen LogP) is 3.25. The monoisotopic (exact) mass is 604 g/mol. The summed E-state index contributed by atoms with van der Waals surface area (Å²) in [5, 5.41) is 11.3. The number of urea groups is 1. The van der Waals surface area contributed by atoms with Crippen LogP contribution >= 0.6 is 0 Å². The molecular weight excluding hydrogens is 560 g/mol. The second-order valence-corrected chi connectivity index (χ2v) is 11.4. The first-order valence-electron chi connectivity index (χ1n) is 15.2. The standard InChI is InChI=1S/C34H44N4O6/c1-23(2)31(33(42)44-3)38-34(43)37-28(21-25-14-8-5-9-15-25)29(39)22-26-16-10-11-19-35-30(40)18-17-27(36-32(26)41)20-24-12-6-4-7-13-24/h4-9,12-15,17-18,23,26-28,31H,10-11,16,19-22H2,1-3H3,(H,35,40)(H,36,41)(H2,37,38,43)/b18-17+/t26-,27-,28+,31+/m1/s1. The Bertz CT molecular complexity index is 1280. The van der Waals surface area contributed by atoms with E-state index in [9.17, 15) is 24.0 Å². The molecule has 0 aliphatic carbocycles. The van der Waals surface area contributed by atoms with Crippen LogP contribution in [0.4, 0.5) is 4.79 Å². The molecule has 0 bridgehead atoms. The van der Waals surface area contributed by atoms with E-state index in [0.29, 0.717) is 32.2 Å². The number of esters is 1. The number of ether oxygens (including phenoxy) is 1. The van der Waals surface area contributed by atoms with E-state index in [1.165, 1.54) is 13.2 Å². The molecule has 0 saturated carbocycles. The van der Waals surface area contributed by atoms with Crippen LogP contribution in [0, 0.1) is 11.8 Å². The normalized spacial score (nSPS) is 19.6. The number of rotatable bonds is 11. The van der Waals surface area contributed by atoms with Crippen molar-refractivity contribution in [2.24, 2.45) is 11.8 Å². The van der Waals surface area contributed by atoms with E-state index in [-0.39, 0.29) is 36.4 Å². The quantitative estimate of drug-likeness (QED) is 0.290. The molecule has 3 rings (SSSR count). The molecule has 1 heterocycles. The highest BCUT2D eigenvalue weighted by molar-refractivity contribution is 5.93. The highest BCUT2D eigenvalue weighted by Gasteiger charge is 2.31. The van der Waals surface area contributed by atoms with Gasteiger partial charge in [0.25, 0.3) is 0 Å². The Morgan fingerprint density at radius 2 is 1.59 bits per heavy atom. The number of ketones is 1. The summed E-state index contributed by atoms with van der Waals surface area (Å²) in [4.78, 5) is 64.9. The van der Waals surface area contributed by atoms with Crippen molar-refractivity contribution in [3.05, 3.63) is 83.9 Å². The number of nitrogens with one attached hydrogen (secondary N) is 4. The number of benzene rings is 2. The van der Waals surface area contributed by atoms with Crippen LogP contribution in [-0.4, -0.2) is 61.4 Å². The van der Waals surface area contributed by atoms with Gasteiger partial charge in [0.15, 0.2) is 5.78 Å². The minimum atomic E-state index is -0.934. The van der Waals surface area contributed by atoms with Crippen LogP contribution in [0.3, 0.4) is 0 Å². The number of amides is 4. The van der Waals surface area contributed by atoms with Gasteiger partial charge in [-0.3, -0.25) is 14.4 Å². The van der Waals surface area contributed by atoms with Crippen LogP contribution in [-0.2, 0) is 36.8 Å². The molecule has 10 nitrogen and oxygen atoms in total. The molecule has 0 unspecified atom stereocenters. The average molecular weight is 605 g/mol. The minimum Gasteiger partial charge on any atom is -0.467 e. The van der Waals surface area contributed by atoms with Gasteiger partial charge in [0, 0.05) is 25.0 Å². The summed E-state index contributed by atoms with van der Waals surface area (Å²) < 4.78 is 4.82. The topological polar surface area (TPSA) is 143 Å². The van der Waals surface area contributed by atoms with Gasteiger partial charge in [-0.05, 0) is 42.7 Å². The maximum absolute atomic E-state index is 13.8. The summed E-state index contributed by atoms with van der Waals surface area (Å²) in [6.07, 6.45) is 5.46. The Balaban J connectivity index is 1.79. The number of methoxy groups -OCH3 is 1. The van der Waals surface area contributed by atoms with E-state index < -0.39 is 36.0 Å². The maximum atomic E-state index is 13.8. The lowest BCUT2D eigenvalue weighted by molar-refractivity contribution is -0.144. The zero-order valence-electron chi connectivity index (χ0n) is 25.7. The van der Waals surface area contributed by atoms with Crippen LogP contribution in [0.5, 0.6) is 0 Å². The maximum Gasteiger partial charge on any atom is 0.328 e. The van der Waals surface area contributed by atoms with Crippen LogP contribution in [0.2, 0.25) is 0 Å². The molecule has 2 aromatic carbocycles. The second kappa shape index (κ2) is 17.6. The first kappa shape index (κ1) is 34.0. The summed E-state index contributed by atoms with van der Waals surface area (Å²) in [6.45, 7) is 4.02. The smallest absolute Gasteiger partial charge is 0.328 e. The molecule has 1 aliphatic heterocycles. The third-order valence-corrected chi connectivity index (χ3v) is 7.59. The van der Waals surface area contributed by atoms with E-state index in [0.717, 1.165) is 11.1 Å².